The van der Waals surface area contributed by atoms with Crippen molar-refractivity contribution in [3.63, 3.8) is 0 Å². The van der Waals surface area contributed by atoms with Crippen molar-refractivity contribution in [1.82, 2.24) is 5.32 Å². The fourth-order valence-electron chi connectivity index (χ4n) is 3.07. The van der Waals surface area contributed by atoms with Gasteiger partial charge in [0.25, 0.3) is 0 Å². The monoisotopic (exact) mass is 271 g/mol. The van der Waals surface area contributed by atoms with Crippen LogP contribution in [0.2, 0.25) is 0 Å². The summed E-state index contributed by atoms with van der Waals surface area (Å²) in [5.41, 5.74) is 3.31. The molecule has 1 N–H and O–H groups in total. The van der Waals surface area contributed by atoms with Gasteiger partial charge in [-0.15, -0.1) is 0 Å². The van der Waals surface area contributed by atoms with Crippen LogP contribution in [-0.4, -0.2) is 11.6 Å². The Morgan fingerprint density at radius 3 is 2.85 bits per heavy atom. The van der Waals surface area contributed by atoms with Crippen molar-refractivity contribution in [1.29, 1.82) is 0 Å². The molecule has 2 aliphatic rings. The molecule has 20 heavy (non-hydrogen) atoms. The molecule has 0 bridgehead atoms. The zero-order valence-electron chi connectivity index (χ0n) is 12.4. The Hall–Kier alpha value is -1.48. The molecule has 1 aliphatic heterocycles. The van der Waals surface area contributed by atoms with Crippen LogP contribution in [0, 0.1) is 6.92 Å². The number of benzene rings is 1. The summed E-state index contributed by atoms with van der Waals surface area (Å²) < 4.78 is 12.2. The van der Waals surface area contributed by atoms with Crippen LogP contribution in [0.1, 0.15) is 43.6 Å². The Kier molecular flexibility index (Phi) is 2.46. The number of furan rings is 1. The smallest absolute Gasteiger partial charge is 0.176 e. The highest BCUT2D eigenvalue weighted by Crippen LogP contribution is 2.42. The van der Waals surface area contributed by atoms with E-state index < -0.39 is 0 Å². The Bertz CT molecular complexity index is 680. The number of fused-ring (bicyclic) bond motifs is 3. The van der Waals surface area contributed by atoms with Gasteiger partial charge in [0.1, 0.15) is 11.4 Å². The minimum Gasteiger partial charge on any atom is -0.483 e. The molecule has 1 aromatic heterocycles. The molecule has 2 heterocycles. The van der Waals surface area contributed by atoms with Crippen LogP contribution in [0.4, 0.5) is 0 Å². The molecule has 1 aliphatic carbocycles. The predicted octanol–water partition coefficient (Wildman–Crippen LogP) is 3.71. The first-order chi connectivity index (χ1) is 9.53. The molecule has 0 saturated heterocycles. The third-order valence-corrected chi connectivity index (χ3v) is 4.36. The summed E-state index contributed by atoms with van der Waals surface area (Å²) in [6.07, 6.45) is 3.55. The molecular weight excluding hydrogens is 250 g/mol. The van der Waals surface area contributed by atoms with Gasteiger partial charge in [-0.05, 0) is 39.2 Å². The van der Waals surface area contributed by atoms with Gasteiger partial charge in [-0.2, -0.15) is 0 Å². The number of hydrogen-bond acceptors (Lipinski definition) is 3. The average molecular weight is 271 g/mol. The molecule has 0 radical (unpaired) electrons. The number of rotatable bonds is 3. The lowest BCUT2D eigenvalue weighted by molar-refractivity contribution is 0.138. The van der Waals surface area contributed by atoms with E-state index in [9.17, 15) is 0 Å². The van der Waals surface area contributed by atoms with Gasteiger partial charge in [-0.1, -0.05) is 12.1 Å². The van der Waals surface area contributed by atoms with Gasteiger partial charge in [0.2, 0.25) is 0 Å². The second kappa shape index (κ2) is 4.01. The second-order valence-electron chi connectivity index (χ2n) is 6.77. The van der Waals surface area contributed by atoms with Crippen LogP contribution in [0.25, 0.3) is 11.0 Å². The number of ether oxygens (including phenoxy) is 1. The van der Waals surface area contributed by atoms with Crippen LogP contribution in [0.15, 0.2) is 16.5 Å². The molecule has 3 nitrogen and oxygen atoms in total. The topological polar surface area (TPSA) is 34.4 Å². The van der Waals surface area contributed by atoms with Crippen LogP contribution in [0.5, 0.6) is 5.75 Å². The van der Waals surface area contributed by atoms with Gasteiger partial charge in [0.15, 0.2) is 11.3 Å². The Morgan fingerprint density at radius 2 is 2.10 bits per heavy atom. The van der Waals surface area contributed by atoms with E-state index in [0.29, 0.717) is 6.04 Å². The van der Waals surface area contributed by atoms with Crippen molar-refractivity contribution in [3.8, 4) is 5.75 Å². The highest BCUT2D eigenvalue weighted by molar-refractivity contribution is 5.89. The maximum atomic E-state index is 6.13. The van der Waals surface area contributed by atoms with Gasteiger partial charge in [-0.3, -0.25) is 0 Å². The molecule has 1 aromatic carbocycles. The molecule has 0 atom stereocenters. The fourth-order valence-corrected chi connectivity index (χ4v) is 3.07. The maximum absolute atomic E-state index is 6.13. The van der Waals surface area contributed by atoms with Gasteiger partial charge >= 0.3 is 0 Å². The summed E-state index contributed by atoms with van der Waals surface area (Å²) in [6, 6.07) is 5.06. The molecular formula is C17H21NO2. The Balaban J connectivity index is 1.76. The molecule has 0 spiro atoms. The molecule has 1 saturated carbocycles. The maximum Gasteiger partial charge on any atom is 0.176 e. The summed E-state index contributed by atoms with van der Waals surface area (Å²) in [5, 5.41) is 4.71. The van der Waals surface area contributed by atoms with Gasteiger partial charge < -0.3 is 14.5 Å². The fraction of sp³-hybridized carbons (Fsp3) is 0.529. The highest BCUT2D eigenvalue weighted by atomic mass is 16.5. The minimum absolute atomic E-state index is 0.121. The molecule has 0 unspecified atom stereocenters. The van der Waals surface area contributed by atoms with E-state index in [1.54, 1.807) is 0 Å². The van der Waals surface area contributed by atoms with Gasteiger partial charge in [-0.25, -0.2) is 0 Å². The highest BCUT2D eigenvalue weighted by Gasteiger charge is 2.33. The van der Waals surface area contributed by atoms with Crippen LogP contribution in [-0.2, 0) is 13.0 Å². The van der Waals surface area contributed by atoms with E-state index >= 15 is 0 Å². The molecule has 3 heteroatoms. The number of aryl methyl sites for hydroxylation is 1. The van der Waals surface area contributed by atoms with Crippen molar-refractivity contribution in [2.24, 2.45) is 0 Å². The summed E-state index contributed by atoms with van der Waals surface area (Å²) in [5.74, 6) is 2.00. The van der Waals surface area contributed by atoms with Crippen molar-refractivity contribution in [2.45, 2.75) is 58.2 Å². The lowest BCUT2D eigenvalue weighted by atomic mass is 10.0. The van der Waals surface area contributed by atoms with Crippen LogP contribution in [0.3, 0.4) is 0 Å². The van der Waals surface area contributed by atoms with Crippen LogP contribution < -0.4 is 10.1 Å². The molecule has 4 rings (SSSR count). The summed E-state index contributed by atoms with van der Waals surface area (Å²) in [6.45, 7) is 7.22. The van der Waals surface area contributed by atoms with E-state index in [0.717, 1.165) is 30.1 Å². The lowest BCUT2D eigenvalue weighted by Gasteiger charge is -2.16. The number of nitrogens with one attached hydrogen (secondary N) is 1. The largest absolute Gasteiger partial charge is 0.483 e. The Labute approximate surface area is 119 Å². The Morgan fingerprint density at radius 1 is 1.30 bits per heavy atom. The summed E-state index contributed by atoms with van der Waals surface area (Å²) in [7, 11) is 0. The third-order valence-electron chi connectivity index (χ3n) is 4.36. The van der Waals surface area contributed by atoms with E-state index in [2.05, 4.69) is 38.2 Å². The predicted molar refractivity (Wildman–Crippen MR) is 79.2 cm³/mol. The standard InChI is InChI=1S/C17H21NO2/c1-10-13-7-4-11-8-17(2,3)20-15(11)16(13)19-14(10)9-18-12-5-6-12/h4,7,12,18H,5-6,8-9H2,1-3H3. The average Bonchev–Trinajstić information content (AvgIpc) is 3.08. The first kappa shape index (κ1) is 12.3. The molecule has 106 valence electrons. The number of hydrogen-bond donors (Lipinski definition) is 1. The van der Waals surface area contributed by atoms with Gasteiger partial charge in [0.05, 0.1) is 6.54 Å². The van der Waals surface area contributed by atoms with E-state index in [1.165, 1.54) is 29.4 Å². The van der Waals surface area contributed by atoms with Crippen molar-refractivity contribution < 1.29 is 9.15 Å². The molecule has 2 aromatic rings. The normalized spacial score (nSPS) is 20.1. The minimum atomic E-state index is -0.121. The van der Waals surface area contributed by atoms with E-state index in [1.807, 2.05) is 0 Å². The van der Waals surface area contributed by atoms with Crippen molar-refractivity contribution in [3.05, 3.63) is 29.0 Å². The van der Waals surface area contributed by atoms with Crippen LogP contribution >= 0.6 is 0 Å². The third kappa shape index (κ3) is 1.92. The SMILES string of the molecule is Cc1c(CNC2CC2)oc2c3c(ccc12)CC(C)(C)O3. The van der Waals surface area contributed by atoms with Gasteiger partial charge in [0, 0.05) is 23.4 Å². The zero-order valence-corrected chi connectivity index (χ0v) is 12.4. The summed E-state index contributed by atoms with van der Waals surface area (Å²) >= 11 is 0. The van der Waals surface area contributed by atoms with E-state index in [4.69, 9.17) is 9.15 Å². The lowest BCUT2D eigenvalue weighted by Crippen LogP contribution is -2.24. The van der Waals surface area contributed by atoms with Crippen molar-refractivity contribution in [2.75, 3.05) is 0 Å². The molecule has 1 fully saturated rings. The van der Waals surface area contributed by atoms with Crippen molar-refractivity contribution >= 4 is 11.0 Å². The first-order valence-corrected chi connectivity index (χ1v) is 7.50. The zero-order chi connectivity index (χ0) is 13.9. The first-order valence-electron chi connectivity index (χ1n) is 7.50. The summed E-state index contributed by atoms with van der Waals surface area (Å²) in [4.78, 5) is 0. The molecule has 0 amide bonds. The quantitative estimate of drug-likeness (QED) is 0.924. The second-order valence-corrected chi connectivity index (χ2v) is 6.77. The van der Waals surface area contributed by atoms with E-state index in [-0.39, 0.29) is 5.60 Å².